The zero-order valence-corrected chi connectivity index (χ0v) is 26.4. The number of allylic oxidation sites excluding steroid dienone is 8. The molecule has 3 nitrogen and oxygen atoms in total. The van der Waals surface area contributed by atoms with Crippen LogP contribution < -0.4 is 4.90 Å². The molecule has 0 radical (unpaired) electrons. The van der Waals surface area contributed by atoms with Crippen LogP contribution in [0.5, 0.6) is 0 Å². The molecule has 3 unspecified atom stereocenters. The largest absolute Gasteiger partial charge is 0.303 e. The summed E-state index contributed by atoms with van der Waals surface area (Å²) in [5, 5.41) is 0. The van der Waals surface area contributed by atoms with Gasteiger partial charge in [-0.25, -0.2) is 9.97 Å². The summed E-state index contributed by atoms with van der Waals surface area (Å²) in [6.45, 7) is 4.92. The lowest BCUT2D eigenvalue weighted by atomic mass is 9.69. The first-order chi connectivity index (χ1) is 22.6. The molecule has 46 heavy (non-hydrogen) atoms. The van der Waals surface area contributed by atoms with Crippen molar-refractivity contribution in [2.75, 3.05) is 4.90 Å². The van der Waals surface area contributed by atoms with E-state index in [-0.39, 0.29) is 17.4 Å². The van der Waals surface area contributed by atoms with Crippen LogP contribution in [0.25, 0.3) is 28.1 Å². The van der Waals surface area contributed by atoms with E-state index in [1.54, 1.807) is 5.57 Å². The molecule has 3 heteroatoms. The molecule has 1 aromatic heterocycles. The van der Waals surface area contributed by atoms with E-state index in [4.69, 9.17) is 9.97 Å². The molecule has 224 valence electrons. The smallest absolute Gasteiger partial charge is 0.231 e. The lowest BCUT2D eigenvalue weighted by Gasteiger charge is -2.34. The highest BCUT2D eigenvalue weighted by Crippen LogP contribution is 2.60. The van der Waals surface area contributed by atoms with Gasteiger partial charge in [-0.1, -0.05) is 135 Å². The van der Waals surface area contributed by atoms with E-state index in [0.29, 0.717) is 5.92 Å². The number of aromatic nitrogens is 2. The van der Waals surface area contributed by atoms with Gasteiger partial charge in [-0.2, -0.15) is 0 Å². The van der Waals surface area contributed by atoms with Crippen molar-refractivity contribution in [3.63, 3.8) is 0 Å². The van der Waals surface area contributed by atoms with Gasteiger partial charge in [0.2, 0.25) is 5.95 Å². The minimum atomic E-state index is 0.111. The summed E-state index contributed by atoms with van der Waals surface area (Å²) in [4.78, 5) is 13.1. The lowest BCUT2D eigenvalue weighted by molar-refractivity contribution is 0.326. The molecular formula is C43H37N3. The molecule has 0 saturated heterocycles. The third kappa shape index (κ3) is 4.25. The minimum Gasteiger partial charge on any atom is -0.303 e. The third-order valence-corrected chi connectivity index (χ3v) is 10.8. The van der Waals surface area contributed by atoms with Crippen LogP contribution in [0.2, 0.25) is 0 Å². The Kier molecular flexibility index (Phi) is 6.25. The summed E-state index contributed by atoms with van der Waals surface area (Å²) >= 11 is 0. The Morgan fingerprint density at radius 2 is 1.39 bits per heavy atom. The molecule has 0 amide bonds. The zero-order valence-electron chi connectivity index (χ0n) is 26.4. The summed E-state index contributed by atoms with van der Waals surface area (Å²) in [6, 6.07) is 34.1. The van der Waals surface area contributed by atoms with Crippen LogP contribution >= 0.6 is 0 Å². The van der Waals surface area contributed by atoms with Gasteiger partial charge in [0.15, 0.2) is 0 Å². The number of benzene rings is 3. The number of hydrogen-bond acceptors (Lipinski definition) is 3. The molecule has 4 aliphatic carbocycles. The topological polar surface area (TPSA) is 29.0 Å². The minimum absolute atomic E-state index is 0.111. The van der Waals surface area contributed by atoms with Crippen molar-refractivity contribution in [3.8, 4) is 22.5 Å². The maximum Gasteiger partial charge on any atom is 0.231 e. The molecule has 9 rings (SSSR count). The third-order valence-electron chi connectivity index (χ3n) is 10.8. The second-order valence-corrected chi connectivity index (χ2v) is 13.7. The summed E-state index contributed by atoms with van der Waals surface area (Å²) in [7, 11) is 0. The molecule has 3 aromatic carbocycles. The maximum atomic E-state index is 5.34. The van der Waals surface area contributed by atoms with Crippen molar-refractivity contribution in [3.05, 3.63) is 167 Å². The second-order valence-electron chi connectivity index (χ2n) is 13.7. The molecule has 1 aliphatic heterocycles. The van der Waals surface area contributed by atoms with Crippen LogP contribution in [0.15, 0.2) is 162 Å². The van der Waals surface area contributed by atoms with Crippen LogP contribution in [0.3, 0.4) is 0 Å². The molecule has 2 heterocycles. The van der Waals surface area contributed by atoms with Gasteiger partial charge in [0.25, 0.3) is 0 Å². The van der Waals surface area contributed by atoms with Crippen molar-refractivity contribution in [2.24, 2.45) is 17.3 Å². The van der Waals surface area contributed by atoms with Crippen LogP contribution in [0, 0.1) is 17.3 Å². The van der Waals surface area contributed by atoms with E-state index >= 15 is 0 Å². The van der Waals surface area contributed by atoms with Gasteiger partial charge in [0, 0.05) is 22.7 Å². The van der Waals surface area contributed by atoms with Crippen LogP contribution in [-0.2, 0) is 0 Å². The molecule has 0 fully saturated rings. The molecule has 3 atom stereocenters. The molecule has 0 saturated carbocycles. The van der Waals surface area contributed by atoms with Crippen LogP contribution in [-0.4, -0.2) is 16.0 Å². The SMILES string of the molecule is CC1(C)C2=C(CCC=C2)C2=CC3=C(CC21)C1C=C(c2ccccc2)C=CC1N3c1nc(-c2ccccc2)cc(-c2ccccc2)n1. The Morgan fingerprint density at radius 1 is 0.761 bits per heavy atom. The fraction of sp³-hybridized carbons (Fsp3) is 0.209. The standard InChI is InChI=1S/C43H37N3/c1-43(2)36-21-13-12-20-32(36)33-26-41-35(25-37(33)43)34-24-31(28-14-6-3-7-15-28)22-23-40(34)46(41)42-44-38(29-16-8-4-9-17-29)27-39(45-42)30-18-10-5-11-19-30/h3-11,13-19,21-24,26-27,34,37,40H,12,20,25H2,1-2H3. The molecule has 5 aliphatic rings. The Hall–Kier alpha value is -5.02. The first-order valence-corrected chi connectivity index (χ1v) is 16.7. The Bertz CT molecular complexity index is 1980. The van der Waals surface area contributed by atoms with Crippen LogP contribution in [0.1, 0.15) is 38.7 Å². The highest BCUT2D eigenvalue weighted by Gasteiger charge is 2.50. The average Bonchev–Trinajstić information content (AvgIpc) is 3.56. The number of anilines is 1. The molecule has 0 spiro atoms. The van der Waals surface area contributed by atoms with E-state index in [0.717, 1.165) is 47.7 Å². The van der Waals surface area contributed by atoms with Gasteiger partial charge in [0.1, 0.15) is 0 Å². The maximum absolute atomic E-state index is 5.34. The number of hydrogen-bond donors (Lipinski definition) is 0. The van der Waals surface area contributed by atoms with E-state index < -0.39 is 0 Å². The Morgan fingerprint density at radius 3 is 2.04 bits per heavy atom. The summed E-state index contributed by atoms with van der Waals surface area (Å²) in [6.07, 6.45) is 17.9. The van der Waals surface area contributed by atoms with E-state index in [1.165, 1.54) is 33.6 Å². The second kappa shape index (κ2) is 10.5. The van der Waals surface area contributed by atoms with Gasteiger partial charge >= 0.3 is 0 Å². The Balaban J connectivity index is 1.24. The van der Waals surface area contributed by atoms with Crippen molar-refractivity contribution >= 4 is 11.5 Å². The van der Waals surface area contributed by atoms with Gasteiger partial charge in [-0.05, 0) is 76.2 Å². The fourth-order valence-corrected chi connectivity index (χ4v) is 8.51. The highest BCUT2D eigenvalue weighted by molar-refractivity contribution is 5.79. The Labute approximate surface area is 271 Å². The van der Waals surface area contributed by atoms with Crippen molar-refractivity contribution in [1.29, 1.82) is 0 Å². The quantitative estimate of drug-likeness (QED) is 0.235. The summed E-state index contributed by atoms with van der Waals surface area (Å²) in [5.74, 6) is 1.50. The van der Waals surface area contributed by atoms with E-state index in [2.05, 4.69) is 152 Å². The van der Waals surface area contributed by atoms with Gasteiger partial charge in [-0.3, -0.25) is 0 Å². The zero-order chi connectivity index (χ0) is 30.8. The molecular weight excluding hydrogens is 558 g/mol. The van der Waals surface area contributed by atoms with Crippen molar-refractivity contribution in [2.45, 2.75) is 39.2 Å². The monoisotopic (exact) mass is 595 g/mol. The number of fused-ring (bicyclic) bond motifs is 4. The van der Waals surface area contributed by atoms with Crippen LogP contribution in [0.4, 0.5) is 5.95 Å². The first kappa shape index (κ1) is 27.3. The number of nitrogens with zero attached hydrogens (tertiary/aromatic N) is 3. The average molecular weight is 596 g/mol. The highest BCUT2D eigenvalue weighted by atomic mass is 15.3. The normalized spacial score (nSPS) is 23.9. The number of rotatable bonds is 4. The summed E-state index contributed by atoms with van der Waals surface area (Å²) in [5.41, 5.74) is 14.2. The van der Waals surface area contributed by atoms with Crippen molar-refractivity contribution in [1.82, 2.24) is 9.97 Å². The molecule has 4 aromatic rings. The van der Waals surface area contributed by atoms with Gasteiger partial charge in [0.05, 0.1) is 17.4 Å². The molecule has 0 bridgehead atoms. The fourth-order valence-electron chi connectivity index (χ4n) is 8.51. The first-order valence-electron chi connectivity index (χ1n) is 16.7. The molecule has 0 N–H and O–H groups in total. The van der Waals surface area contributed by atoms with E-state index in [1.807, 2.05) is 0 Å². The lowest BCUT2D eigenvalue weighted by Crippen LogP contribution is -2.34. The van der Waals surface area contributed by atoms with Gasteiger partial charge in [-0.15, -0.1) is 0 Å². The van der Waals surface area contributed by atoms with E-state index in [9.17, 15) is 0 Å². The van der Waals surface area contributed by atoms with Gasteiger partial charge < -0.3 is 4.90 Å². The predicted octanol–water partition coefficient (Wildman–Crippen LogP) is 10.2. The predicted molar refractivity (Wildman–Crippen MR) is 189 cm³/mol. The van der Waals surface area contributed by atoms with Crippen molar-refractivity contribution < 1.29 is 0 Å². The summed E-state index contributed by atoms with van der Waals surface area (Å²) < 4.78 is 0.